The molecule has 0 saturated heterocycles. The summed E-state index contributed by atoms with van der Waals surface area (Å²) in [6.07, 6.45) is 3.54. The van der Waals surface area contributed by atoms with Crippen molar-refractivity contribution in [2.24, 2.45) is 5.73 Å². The molecule has 3 heteroatoms. The smallest absolute Gasteiger partial charge is 0.164 e. The number of carbonyl (C=O) groups is 1. The molecule has 0 aromatic heterocycles. The Labute approximate surface area is 95.6 Å². The molecular weight excluding hydrogens is 202 g/mol. The van der Waals surface area contributed by atoms with E-state index in [4.69, 9.17) is 10.5 Å². The van der Waals surface area contributed by atoms with Crippen molar-refractivity contribution in [2.75, 3.05) is 7.11 Å². The van der Waals surface area contributed by atoms with Gasteiger partial charge in [0.2, 0.25) is 0 Å². The van der Waals surface area contributed by atoms with Crippen LogP contribution in [0.25, 0.3) is 0 Å². The van der Waals surface area contributed by atoms with Crippen LogP contribution in [0.5, 0.6) is 5.75 Å². The molecule has 1 aliphatic carbocycles. The van der Waals surface area contributed by atoms with Gasteiger partial charge < -0.3 is 10.5 Å². The summed E-state index contributed by atoms with van der Waals surface area (Å²) in [5.41, 5.74) is 6.53. The lowest BCUT2D eigenvalue weighted by Crippen LogP contribution is -2.48. The Morgan fingerprint density at radius 3 is 2.44 bits per heavy atom. The van der Waals surface area contributed by atoms with Gasteiger partial charge in [0.1, 0.15) is 5.75 Å². The van der Waals surface area contributed by atoms with Crippen LogP contribution in [0, 0.1) is 0 Å². The summed E-state index contributed by atoms with van der Waals surface area (Å²) >= 11 is 0. The van der Waals surface area contributed by atoms with Crippen molar-refractivity contribution in [1.82, 2.24) is 0 Å². The molecule has 2 rings (SSSR count). The second-order valence-electron chi connectivity index (χ2n) is 4.54. The molecule has 1 aromatic rings. The maximum atomic E-state index is 11.9. The predicted octanol–water partition coefficient (Wildman–Crippen LogP) is 2.15. The van der Waals surface area contributed by atoms with E-state index in [0.29, 0.717) is 6.42 Å². The molecule has 1 aromatic carbocycles. The second-order valence-corrected chi connectivity index (χ2v) is 4.54. The summed E-state index contributed by atoms with van der Waals surface area (Å²) in [4.78, 5) is 11.9. The van der Waals surface area contributed by atoms with E-state index < -0.39 is 0 Å². The first-order valence-electron chi connectivity index (χ1n) is 5.59. The van der Waals surface area contributed by atoms with E-state index in [1.165, 1.54) is 0 Å². The maximum absolute atomic E-state index is 11.9. The van der Waals surface area contributed by atoms with Gasteiger partial charge in [0, 0.05) is 17.5 Å². The third-order valence-electron chi connectivity index (χ3n) is 3.27. The lowest BCUT2D eigenvalue weighted by atomic mass is 9.74. The first-order valence-corrected chi connectivity index (χ1v) is 5.59. The highest BCUT2D eigenvalue weighted by Crippen LogP contribution is 2.33. The number of carbonyl (C=O) groups excluding carboxylic acids is 1. The van der Waals surface area contributed by atoms with E-state index in [2.05, 4.69) is 0 Å². The number of rotatable bonds is 4. The summed E-state index contributed by atoms with van der Waals surface area (Å²) in [6, 6.07) is 7.20. The Balaban J connectivity index is 2.03. The number of methoxy groups -OCH3 is 1. The average Bonchev–Trinajstić information content (AvgIpc) is 2.27. The molecule has 86 valence electrons. The molecule has 0 heterocycles. The van der Waals surface area contributed by atoms with Gasteiger partial charge in [-0.05, 0) is 43.5 Å². The van der Waals surface area contributed by atoms with Crippen LogP contribution in [-0.4, -0.2) is 18.4 Å². The summed E-state index contributed by atoms with van der Waals surface area (Å²) in [7, 11) is 1.61. The fourth-order valence-corrected chi connectivity index (χ4v) is 2.01. The van der Waals surface area contributed by atoms with Gasteiger partial charge in [-0.3, -0.25) is 4.79 Å². The van der Waals surface area contributed by atoms with Crippen molar-refractivity contribution in [3.63, 3.8) is 0 Å². The fourth-order valence-electron chi connectivity index (χ4n) is 2.01. The van der Waals surface area contributed by atoms with Crippen LogP contribution in [0.3, 0.4) is 0 Å². The van der Waals surface area contributed by atoms with Gasteiger partial charge in [0.25, 0.3) is 0 Å². The van der Waals surface area contributed by atoms with E-state index in [1.807, 2.05) is 0 Å². The topological polar surface area (TPSA) is 52.3 Å². The third-order valence-corrected chi connectivity index (χ3v) is 3.27. The van der Waals surface area contributed by atoms with Gasteiger partial charge in [-0.25, -0.2) is 0 Å². The van der Waals surface area contributed by atoms with Crippen LogP contribution in [0.15, 0.2) is 24.3 Å². The number of ketones is 1. The van der Waals surface area contributed by atoms with Gasteiger partial charge in [-0.1, -0.05) is 0 Å². The van der Waals surface area contributed by atoms with Gasteiger partial charge >= 0.3 is 0 Å². The van der Waals surface area contributed by atoms with Crippen LogP contribution >= 0.6 is 0 Å². The van der Waals surface area contributed by atoms with E-state index in [0.717, 1.165) is 30.6 Å². The second kappa shape index (κ2) is 4.26. The number of hydrogen-bond donors (Lipinski definition) is 1. The maximum Gasteiger partial charge on any atom is 0.164 e. The zero-order chi connectivity index (χ0) is 11.6. The molecule has 0 atom stereocenters. The lowest BCUT2D eigenvalue weighted by Gasteiger charge is -2.37. The van der Waals surface area contributed by atoms with Crippen LogP contribution in [0.4, 0.5) is 0 Å². The van der Waals surface area contributed by atoms with Crippen molar-refractivity contribution in [1.29, 1.82) is 0 Å². The standard InChI is InChI=1S/C13H17NO2/c1-16-11-5-3-10(4-6-11)12(15)9-13(14)7-2-8-13/h3-6H,2,7-9,14H2,1H3. The average molecular weight is 219 g/mol. The summed E-state index contributed by atoms with van der Waals surface area (Å²) in [5, 5.41) is 0. The molecule has 1 saturated carbocycles. The largest absolute Gasteiger partial charge is 0.497 e. The quantitative estimate of drug-likeness (QED) is 0.789. The fraction of sp³-hybridized carbons (Fsp3) is 0.462. The Bertz CT molecular complexity index is 379. The molecule has 16 heavy (non-hydrogen) atoms. The molecule has 0 aliphatic heterocycles. The molecular formula is C13H17NO2. The van der Waals surface area contributed by atoms with Crippen LogP contribution in [0.1, 0.15) is 36.0 Å². The Kier molecular flexibility index (Phi) is 2.97. The minimum Gasteiger partial charge on any atom is -0.497 e. The first-order chi connectivity index (χ1) is 7.63. The number of ether oxygens (including phenoxy) is 1. The summed E-state index contributed by atoms with van der Waals surface area (Å²) in [5.74, 6) is 0.896. The lowest BCUT2D eigenvalue weighted by molar-refractivity contribution is 0.0912. The number of Topliss-reactive ketones (excluding diaryl/α,β-unsaturated/α-hetero) is 1. The highest BCUT2D eigenvalue weighted by atomic mass is 16.5. The van der Waals surface area contributed by atoms with Crippen molar-refractivity contribution >= 4 is 5.78 Å². The van der Waals surface area contributed by atoms with Gasteiger partial charge in [0.05, 0.1) is 7.11 Å². The van der Waals surface area contributed by atoms with Crippen molar-refractivity contribution in [3.05, 3.63) is 29.8 Å². The molecule has 0 spiro atoms. The Morgan fingerprint density at radius 2 is 2.00 bits per heavy atom. The first kappa shape index (κ1) is 11.1. The number of hydrogen-bond acceptors (Lipinski definition) is 3. The molecule has 1 fully saturated rings. The zero-order valence-corrected chi connectivity index (χ0v) is 9.53. The number of benzene rings is 1. The SMILES string of the molecule is COc1ccc(C(=O)CC2(N)CCC2)cc1. The van der Waals surface area contributed by atoms with Crippen molar-refractivity contribution in [3.8, 4) is 5.75 Å². The molecule has 0 bridgehead atoms. The molecule has 0 unspecified atom stereocenters. The zero-order valence-electron chi connectivity index (χ0n) is 9.53. The van der Waals surface area contributed by atoms with Crippen molar-refractivity contribution in [2.45, 2.75) is 31.2 Å². The molecule has 1 aliphatic rings. The monoisotopic (exact) mass is 219 g/mol. The van der Waals surface area contributed by atoms with E-state index in [1.54, 1.807) is 31.4 Å². The van der Waals surface area contributed by atoms with Crippen LogP contribution in [0.2, 0.25) is 0 Å². The molecule has 0 amide bonds. The minimum atomic E-state index is -0.239. The molecule has 3 nitrogen and oxygen atoms in total. The predicted molar refractivity (Wildman–Crippen MR) is 62.7 cm³/mol. The van der Waals surface area contributed by atoms with E-state index in [9.17, 15) is 4.79 Å². The Morgan fingerprint density at radius 1 is 1.38 bits per heavy atom. The van der Waals surface area contributed by atoms with Gasteiger partial charge in [0.15, 0.2) is 5.78 Å². The Hall–Kier alpha value is -1.35. The summed E-state index contributed by atoms with van der Waals surface area (Å²) < 4.78 is 5.05. The van der Waals surface area contributed by atoms with Crippen LogP contribution in [-0.2, 0) is 0 Å². The van der Waals surface area contributed by atoms with E-state index in [-0.39, 0.29) is 11.3 Å². The molecule has 2 N–H and O–H groups in total. The van der Waals surface area contributed by atoms with Crippen molar-refractivity contribution < 1.29 is 9.53 Å². The third kappa shape index (κ3) is 2.25. The summed E-state index contributed by atoms with van der Waals surface area (Å²) in [6.45, 7) is 0. The van der Waals surface area contributed by atoms with Gasteiger partial charge in [-0.2, -0.15) is 0 Å². The highest BCUT2D eigenvalue weighted by molar-refractivity contribution is 5.97. The van der Waals surface area contributed by atoms with Crippen LogP contribution < -0.4 is 10.5 Å². The minimum absolute atomic E-state index is 0.129. The van der Waals surface area contributed by atoms with E-state index >= 15 is 0 Å². The van der Waals surface area contributed by atoms with Gasteiger partial charge in [-0.15, -0.1) is 0 Å². The molecule has 0 radical (unpaired) electrons. The number of nitrogens with two attached hydrogens (primary N) is 1. The highest BCUT2D eigenvalue weighted by Gasteiger charge is 2.34. The normalized spacial score (nSPS) is 17.6.